The van der Waals surface area contributed by atoms with Crippen molar-refractivity contribution in [3.63, 3.8) is 0 Å². The summed E-state index contributed by atoms with van der Waals surface area (Å²) in [6, 6.07) is 3.94. The van der Waals surface area contributed by atoms with E-state index in [9.17, 15) is 9.18 Å². The number of aromatic nitrogens is 2. The lowest BCUT2D eigenvalue weighted by Gasteiger charge is -2.56. The van der Waals surface area contributed by atoms with Crippen LogP contribution in [0.3, 0.4) is 0 Å². The van der Waals surface area contributed by atoms with Gasteiger partial charge in [0.1, 0.15) is 17.9 Å². The summed E-state index contributed by atoms with van der Waals surface area (Å²) < 4.78 is 19.9. The lowest BCUT2D eigenvalue weighted by Crippen LogP contribution is -2.71. The molecular weight excluding hydrogens is 361 g/mol. The molecule has 1 amide bonds. The number of halogens is 1. The maximum Gasteiger partial charge on any atom is 0.257 e. The second-order valence-corrected chi connectivity index (χ2v) is 7.92. The minimum atomic E-state index is -0.487. The molecule has 0 bridgehead atoms. The van der Waals surface area contributed by atoms with E-state index >= 15 is 0 Å². The molecule has 4 rings (SSSR count). The number of anilines is 1. The fourth-order valence-corrected chi connectivity index (χ4v) is 3.54. The average molecular weight is 385 g/mol. The zero-order valence-corrected chi connectivity index (χ0v) is 16.3. The van der Waals surface area contributed by atoms with Gasteiger partial charge >= 0.3 is 0 Å². The number of rotatable bonds is 5. The van der Waals surface area contributed by atoms with Crippen LogP contribution in [0.2, 0.25) is 0 Å². The predicted molar refractivity (Wildman–Crippen MR) is 103 cm³/mol. The van der Waals surface area contributed by atoms with Crippen LogP contribution in [0.1, 0.15) is 24.2 Å². The molecule has 1 N–H and O–H groups in total. The highest BCUT2D eigenvalue weighted by atomic mass is 19.1. The van der Waals surface area contributed by atoms with Crippen LogP contribution in [0.15, 0.2) is 30.7 Å². The van der Waals surface area contributed by atoms with Crippen LogP contribution in [0.5, 0.6) is 11.5 Å². The number of amides is 1. The molecule has 0 radical (unpaired) electrons. The molecule has 1 aromatic heterocycles. The van der Waals surface area contributed by atoms with Crippen LogP contribution in [0, 0.1) is 11.2 Å². The van der Waals surface area contributed by atoms with Crippen molar-refractivity contribution in [3.8, 4) is 11.5 Å². The Morgan fingerprint density at radius 1 is 1.32 bits per heavy atom. The second kappa shape index (κ2) is 7.01. The zero-order valence-electron chi connectivity index (χ0n) is 16.3. The van der Waals surface area contributed by atoms with Crippen LogP contribution in [-0.4, -0.2) is 60.0 Å². The number of carbonyl (C=O) groups is 1. The minimum absolute atomic E-state index is 0.0207. The van der Waals surface area contributed by atoms with E-state index in [4.69, 9.17) is 4.74 Å². The summed E-state index contributed by atoms with van der Waals surface area (Å²) in [7, 11) is 1.69. The van der Waals surface area contributed by atoms with E-state index < -0.39 is 5.82 Å². The molecule has 28 heavy (non-hydrogen) atoms. The number of carbonyl (C=O) groups excluding carboxylic acids is 1. The number of hydrogen-bond acceptors (Lipinski definition) is 6. The molecule has 0 aliphatic carbocycles. The molecule has 3 heterocycles. The van der Waals surface area contributed by atoms with Crippen molar-refractivity contribution >= 4 is 11.7 Å². The summed E-state index contributed by atoms with van der Waals surface area (Å²) in [6.07, 6.45) is 3.06. The standard InChI is InChI=1S/C20H24FN5O2/c1-13(2)25(3)19(27)15-6-14(21)4-5-16(15)28-17-7-22-12-24-18(17)26-10-20(11-26)8-23-9-20/h4-7,12-13,23H,8-11H2,1-3H3. The maximum atomic E-state index is 13.8. The first-order chi connectivity index (χ1) is 13.4. The van der Waals surface area contributed by atoms with E-state index in [1.165, 1.54) is 24.5 Å². The molecule has 2 aliphatic rings. The number of ether oxygens (including phenoxy) is 1. The molecular formula is C20H24FN5O2. The molecule has 0 unspecified atom stereocenters. The van der Waals surface area contributed by atoms with Crippen LogP contribution >= 0.6 is 0 Å². The van der Waals surface area contributed by atoms with E-state index in [0.717, 1.165) is 26.2 Å². The molecule has 1 spiro atoms. The van der Waals surface area contributed by atoms with Crippen LogP contribution in [0.4, 0.5) is 10.2 Å². The van der Waals surface area contributed by atoms with Gasteiger partial charge in [-0.15, -0.1) is 0 Å². The molecule has 148 valence electrons. The topological polar surface area (TPSA) is 70.6 Å². The third kappa shape index (κ3) is 3.28. The maximum absolute atomic E-state index is 13.8. The van der Waals surface area contributed by atoms with Crippen molar-refractivity contribution in [2.75, 3.05) is 38.1 Å². The van der Waals surface area contributed by atoms with Gasteiger partial charge in [-0.1, -0.05) is 0 Å². The first-order valence-corrected chi connectivity index (χ1v) is 9.39. The van der Waals surface area contributed by atoms with Crippen molar-refractivity contribution < 1.29 is 13.9 Å². The van der Waals surface area contributed by atoms with Gasteiger partial charge in [0.05, 0.1) is 11.8 Å². The van der Waals surface area contributed by atoms with Gasteiger partial charge < -0.3 is 19.9 Å². The Hall–Kier alpha value is -2.74. The van der Waals surface area contributed by atoms with E-state index in [0.29, 0.717) is 17.0 Å². The van der Waals surface area contributed by atoms with Gasteiger partial charge in [0, 0.05) is 44.7 Å². The predicted octanol–water partition coefficient (Wildman–Crippen LogP) is 2.30. The number of nitrogens with one attached hydrogen (secondary N) is 1. The van der Waals surface area contributed by atoms with Crippen molar-refractivity contribution in [1.82, 2.24) is 20.2 Å². The SMILES string of the molecule is CC(C)N(C)C(=O)c1cc(F)ccc1Oc1cncnc1N1CC2(CNC2)C1. The summed E-state index contributed by atoms with van der Waals surface area (Å²) in [5.41, 5.74) is 0.508. The molecule has 8 heteroatoms. The first-order valence-electron chi connectivity index (χ1n) is 9.39. The summed E-state index contributed by atoms with van der Waals surface area (Å²) in [5, 5.41) is 3.31. The van der Waals surface area contributed by atoms with Gasteiger partial charge in [-0.2, -0.15) is 0 Å². The molecule has 7 nitrogen and oxygen atoms in total. The molecule has 1 aromatic carbocycles. The van der Waals surface area contributed by atoms with E-state index in [1.807, 2.05) is 13.8 Å². The van der Waals surface area contributed by atoms with Gasteiger partial charge in [0.15, 0.2) is 11.6 Å². The third-order valence-electron chi connectivity index (χ3n) is 5.50. The van der Waals surface area contributed by atoms with E-state index in [1.54, 1.807) is 18.1 Å². The van der Waals surface area contributed by atoms with Gasteiger partial charge in [0.25, 0.3) is 5.91 Å². The number of benzene rings is 1. The fourth-order valence-electron chi connectivity index (χ4n) is 3.54. The number of hydrogen-bond donors (Lipinski definition) is 1. The van der Waals surface area contributed by atoms with Crippen molar-refractivity contribution in [2.24, 2.45) is 5.41 Å². The quantitative estimate of drug-likeness (QED) is 0.852. The van der Waals surface area contributed by atoms with Gasteiger partial charge in [-0.25, -0.2) is 14.4 Å². The summed E-state index contributed by atoms with van der Waals surface area (Å²) >= 11 is 0. The lowest BCUT2D eigenvalue weighted by atomic mass is 9.74. The summed E-state index contributed by atoms with van der Waals surface area (Å²) in [4.78, 5) is 24.9. The normalized spacial score (nSPS) is 17.2. The molecule has 2 aromatic rings. The Balaban J connectivity index is 1.61. The Bertz CT molecular complexity index is 892. The van der Waals surface area contributed by atoms with Crippen molar-refractivity contribution in [2.45, 2.75) is 19.9 Å². The Kier molecular flexibility index (Phi) is 4.66. The highest BCUT2D eigenvalue weighted by molar-refractivity contribution is 5.97. The summed E-state index contributed by atoms with van der Waals surface area (Å²) in [5.74, 6) is 0.645. The van der Waals surface area contributed by atoms with Gasteiger partial charge in [0.2, 0.25) is 0 Å². The molecule has 2 aliphatic heterocycles. The van der Waals surface area contributed by atoms with E-state index in [-0.39, 0.29) is 23.3 Å². The minimum Gasteiger partial charge on any atom is -0.451 e. The zero-order chi connectivity index (χ0) is 19.9. The van der Waals surface area contributed by atoms with Crippen molar-refractivity contribution in [1.29, 1.82) is 0 Å². The Labute approximate surface area is 163 Å². The Morgan fingerprint density at radius 2 is 2.07 bits per heavy atom. The van der Waals surface area contributed by atoms with Gasteiger partial charge in [-0.3, -0.25) is 4.79 Å². The molecule has 0 atom stereocenters. The fraction of sp³-hybridized carbons (Fsp3) is 0.450. The van der Waals surface area contributed by atoms with Gasteiger partial charge in [-0.05, 0) is 32.0 Å². The molecule has 0 saturated carbocycles. The molecule has 2 fully saturated rings. The highest BCUT2D eigenvalue weighted by Gasteiger charge is 2.48. The van der Waals surface area contributed by atoms with Crippen LogP contribution in [0.25, 0.3) is 0 Å². The lowest BCUT2D eigenvalue weighted by molar-refractivity contribution is 0.0751. The smallest absolute Gasteiger partial charge is 0.257 e. The first kappa shape index (κ1) is 18.6. The van der Waals surface area contributed by atoms with Crippen molar-refractivity contribution in [3.05, 3.63) is 42.1 Å². The molecule has 2 saturated heterocycles. The number of nitrogens with zero attached hydrogens (tertiary/aromatic N) is 4. The van der Waals surface area contributed by atoms with Crippen LogP contribution < -0.4 is 15.0 Å². The van der Waals surface area contributed by atoms with Crippen LogP contribution in [-0.2, 0) is 0 Å². The average Bonchev–Trinajstić information content (AvgIpc) is 2.60. The monoisotopic (exact) mass is 385 g/mol. The second-order valence-electron chi connectivity index (χ2n) is 7.92. The largest absolute Gasteiger partial charge is 0.451 e. The third-order valence-corrected chi connectivity index (χ3v) is 5.50. The Morgan fingerprint density at radius 3 is 2.71 bits per heavy atom. The highest BCUT2D eigenvalue weighted by Crippen LogP contribution is 2.41. The van der Waals surface area contributed by atoms with E-state index in [2.05, 4.69) is 20.2 Å². The summed E-state index contributed by atoms with van der Waals surface area (Å²) in [6.45, 7) is 7.63.